The number of phenols is 1. The lowest BCUT2D eigenvalue weighted by molar-refractivity contribution is 0.0723. The third-order valence-corrected chi connectivity index (χ3v) is 5.43. The van der Waals surface area contributed by atoms with Crippen molar-refractivity contribution >= 4 is 21.8 Å². The summed E-state index contributed by atoms with van der Waals surface area (Å²) in [5, 5.41) is 17.6. The van der Waals surface area contributed by atoms with Gasteiger partial charge in [-0.3, -0.25) is 9.89 Å². The van der Waals surface area contributed by atoms with Crippen LogP contribution < -0.4 is 0 Å². The van der Waals surface area contributed by atoms with Crippen LogP contribution in [-0.2, 0) is 4.74 Å². The van der Waals surface area contributed by atoms with Crippen molar-refractivity contribution in [3.63, 3.8) is 0 Å². The molecule has 6 nitrogen and oxygen atoms in total. The number of carbonyl (C=O) groups excluding carboxylic acids is 1. The fraction of sp³-hybridized carbons (Fsp3) is 0.238. The SMILES string of the molecule is COCCCN1C(=O)c2[nH]nc(-c3ccccc3O)c2[C@H]1c1cccc(Br)c1. The van der Waals surface area contributed by atoms with Gasteiger partial charge in [-0.05, 0) is 36.2 Å². The molecule has 0 saturated heterocycles. The molecule has 144 valence electrons. The summed E-state index contributed by atoms with van der Waals surface area (Å²) in [5.74, 6) is 0.0420. The maximum Gasteiger partial charge on any atom is 0.273 e. The Bertz CT molecular complexity index is 1020. The minimum Gasteiger partial charge on any atom is -0.507 e. The van der Waals surface area contributed by atoms with Crippen LogP contribution in [0.15, 0.2) is 53.0 Å². The Kier molecular flexibility index (Phi) is 5.19. The van der Waals surface area contributed by atoms with Crippen LogP contribution in [0.2, 0.25) is 0 Å². The number of fused-ring (bicyclic) bond motifs is 1. The molecule has 3 aromatic rings. The lowest BCUT2D eigenvalue weighted by Crippen LogP contribution is -2.31. The number of aromatic hydroxyl groups is 1. The van der Waals surface area contributed by atoms with Crippen LogP contribution in [-0.4, -0.2) is 46.4 Å². The van der Waals surface area contributed by atoms with Crippen molar-refractivity contribution in [3.8, 4) is 17.0 Å². The number of amides is 1. The summed E-state index contributed by atoms with van der Waals surface area (Å²) in [5.41, 5.74) is 3.45. The van der Waals surface area contributed by atoms with Crippen LogP contribution in [0.1, 0.15) is 34.1 Å². The van der Waals surface area contributed by atoms with E-state index in [1.165, 1.54) is 0 Å². The zero-order valence-electron chi connectivity index (χ0n) is 15.4. The molecule has 0 fully saturated rings. The first-order valence-electron chi connectivity index (χ1n) is 9.03. The molecule has 1 aliphatic rings. The van der Waals surface area contributed by atoms with E-state index >= 15 is 0 Å². The third-order valence-electron chi connectivity index (χ3n) is 4.93. The largest absolute Gasteiger partial charge is 0.507 e. The molecule has 0 saturated carbocycles. The van der Waals surface area contributed by atoms with Crippen molar-refractivity contribution in [1.29, 1.82) is 0 Å². The van der Waals surface area contributed by atoms with Gasteiger partial charge in [0.25, 0.3) is 5.91 Å². The molecule has 1 aromatic heterocycles. The Hall–Kier alpha value is -2.64. The Morgan fingerprint density at radius 3 is 2.82 bits per heavy atom. The van der Waals surface area contributed by atoms with E-state index in [0.29, 0.717) is 30.1 Å². The lowest BCUT2D eigenvalue weighted by Gasteiger charge is -2.26. The zero-order valence-corrected chi connectivity index (χ0v) is 16.9. The van der Waals surface area contributed by atoms with Crippen LogP contribution in [0.25, 0.3) is 11.3 Å². The summed E-state index contributed by atoms with van der Waals surface area (Å²) in [6, 6.07) is 14.7. The molecule has 2 heterocycles. The molecular weight excluding hydrogens is 422 g/mol. The number of aromatic amines is 1. The quantitative estimate of drug-likeness (QED) is 0.563. The highest BCUT2D eigenvalue weighted by Crippen LogP contribution is 2.44. The van der Waals surface area contributed by atoms with Gasteiger partial charge in [-0.15, -0.1) is 0 Å². The van der Waals surface area contributed by atoms with Crippen molar-refractivity contribution < 1.29 is 14.6 Å². The van der Waals surface area contributed by atoms with Crippen molar-refractivity contribution in [2.75, 3.05) is 20.3 Å². The molecule has 0 spiro atoms. The standard InChI is InChI=1S/C21H20BrN3O3/c1-28-11-5-10-25-20(13-6-4-7-14(22)12-13)17-18(23-24-19(17)21(25)27)15-8-2-3-9-16(15)26/h2-4,6-9,12,20,26H,5,10-11H2,1H3,(H,23,24)/t20-/m1/s1. The summed E-state index contributed by atoms with van der Waals surface area (Å²) in [6.07, 6.45) is 0.733. The van der Waals surface area contributed by atoms with Crippen molar-refractivity contribution in [2.24, 2.45) is 0 Å². The molecule has 0 bridgehead atoms. The zero-order chi connectivity index (χ0) is 19.7. The average molecular weight is 442 g/mol. The van der Waals surface area contributed by atoms with Gasteiger partial charge in [-0.1, -0.05) is 40.2 Å². The number of H-pyrrole nitrogens is 1. The highest BCUT2D eigenvalue weighted by atomic mass is 79.9. The van der Waals surface area contributed by atoms with Crippen molar-refractivity contribution in [1.82, 2.24) is 15.1 Å². The van der Waals surface area contributed by atoms with Gasteiger partial charge in [0.2, 0.25) is 0 Å². The Balaban J connectivity index is 1.85. The highest BCUT2D eigenvalue weighted by Gasteiger charge is 2.42. The van der Waals surface area contributed by atoms with Crippen molar-refractivity contribution in [3.05, 3.63) is 69.8 Å². The van der Waals surface area contributed by atoms with E-state index in [0.717, 1.165) is 22.0 Å². The van der Waals surface area contributed by atoms with E-state index < -0.39 is 0 Å². The van der Waals surface area contributed by atoms with Crippen LogP contribution in [0.4, 0.5) is 0 Å². The van der Waals surface area contributed by atoms with Gasteiger partial charge in [0.05, 0.1) is 6.04 Å². The molecule has 1 atom stereocenters. The van der Waals surface area contributed by atoms with Gasteiger partial charge < -0.3 is 14.7 Å². The number of para-hydroxylation sites is 1. The molecule has 7 heteroatoms. The number of nitrogens with zero attached hydrogens (tertiary/aromatic N) is 2. The Morgan fingerprint density at radius 2 is 2.07 bits per heavy atom. The molecule has 0 radical (unpaired) electrons. The first-order valence-corrected chi connectivity index (χ1v) is 9.83. The summed E-state index contributed by atoms with van der Waals surface area (Å²) >= 11 is 3.53. The number of phenolic OH excluding ortho intramolecular Hbond substituents is 1. The summed E-state index contributed by atoms with van der Waals surface area (Å²) in [6.45, 7) is 1.14. The van der Waals surface area contributed by atoms with Gasteiger partial charge in [-0.25, -0.2) is 0 Å². The minimum absolute atomic E-state index is 0.0924. The molecule has 2 aromatic carbocycles. The first-order chi connectivity index (χ1) is 13.6. The maximum atomic E-state index is 13.1. The van der Waals surface area contributed by atoms with Gasteiger partial charge in [0.1, 0.15) is 17.1 Å². The average Bonchev–Trinajstić information content (AvgIpc) is 3.22. The summed E-state index contributed by atoms with van der Waals surface area (Å²) < 4.78 is 6.11. The van der Waals surface area contributed by atoms with Gasteiger partial charge in [0, 0.05) is 35.9 Å². The molecule has 2 N–H and O–H groups in total. The topological polar surface area (TPSA) is 78.5 Å². The minimum atomic E-state index is -0.287. The van der Waals surface area contributed by atoms with E-state index in [1.807, 2.05) is 41.3 Å². The Morgan fingerprint density at radius 1 is 1.25 bits per heavy atom. The number of hydrogen-bond acceptors (Lipinski definition) is 4. The van der Waals surface area contributed by atoms with E-state index in [-0.39, 0.29) is 17.7 Å². The van der Waals surface area contributed by atoms with Crippen molar-refractivity contribution in [2.45, 2.75) is 12.5 Å². The predicted octanol–water partition coefficient (Wildman–Crippen LogP) is 4.13. The van der Waals surface area contributed by atoms with Gasteiger partial charge in [-0.2, -0.15) is 5.10 Å². The fourth-order valence-electron chi connectivity index (χ4n) is 3.71. The van der Waals surface area contributed by atoms with E-state index in [2.05, 4.69) is 26.1 Å². The summed E-state index contributed by atoms with van der Waals surface area (Å²) in [7, 11) is 1.65. The Labute approximate surface area is 171 Å². The maximum absolute atomic E-state index is 13.1. The van der Waals surface area contributed by atoms with E-state index in [1.54, 1.807) is 19.2 Å². The number of benzene rings is 2. The van der Waals surface area contributed by atoms with Crippen LogP contribution in [0.3, 0.4) is 0 Å². The smallest absolute Gasteiger partial charge is 0.273 e. The second kappa shape index (κ2) is 7.77. The van der Waals surface area contributed by atoms with Gasteiger partial charge in [0.15, 0.2) is 0 Å². The summed E-state index contributed by atoms with van der Waals surface area (Å²) in [4.78, 5) is 15.0. The number of carbonyl (C=O) groups is 1. The molecule has 0 unspecified atom stereocenters. The molecule has 4 rings (SSSR count). The first kappa shape index (κ1) is 18.7. The fourth-order valence-corrected chi connectivity index (χ4v) is 4.13. The molecule has 0 aliphatic carbocycles. The number of rotatable bonds is 6. The van der Waals surface area contributed by atoms with Crippen LogP contribution in [0, 0.1) is 0 Å². The monoisotopic (exact) mass is 441 g/mol. The van der Waals surface area contributed by atoms with Crippen LogP contribution >= 0.6 is 15.9 Å². The van der Waals surface area contributed by atoms with Crippen LogP contribution in [0.5, 0.6) is 5.75 Å². The number of hydrogen-bond donors (Lipinski definition) is 2. The van der Waals surface area contributed by atoms with E-state index in [4.69, 9.17) is 4.74 Å². The number of ether oxygens (including phenoxy) is 1. The van der Waals surface area contributed by atoms with E-state index in [9.17, 15) is 9.90 Å². The predicted molar refractivity (Wildman–Crippen MR) is 109 cm³/mol. The molecule has 28 heavy (non-hydrogen) atoms. The highest BCUT2D eigenvalue weighted by molar-refractivity contribution is 9.10. The second-order valence-electron chi connectivity index (χ2n) is 6.68. The number of aromatic nitrogens is 2. The molecule has 1 aliphatic heterocycles. The number of halogens is 1. The van der Waals surface area contributed by atoms with Gasteiger partial charge >= 0.3 is 0 Å². The normalized spacial score (nSPS) is 15.9. The number of methoxy groups -OCH3 is 1. The number of nitrogens with one attached hydrogen (secondary N) is 1. The second-order valence-corrected chi connectivity index (χ2v) is 7.60. The lowest BCUT2D eigenvalue weighted by atomic mass is 9.95. The third kappa shape index (κ3) is 3.21. The molecular formula is C21H20BrN3O3. The molecule has 1 amide bonds.